The van der Waals surface area contributed by atoms with Gasteiger partial charge >= 0.3 is 11.8 Å². The molecule has 1 aliphatic rings. The van der Waals surface area contributed by atoms with E-state index < -0.39 is 11.0 Å². The first-order valence-electron chi connectivity index (χ1n) is 7.13. The van der Waals surface area contributed by atoms with E-state index >= 15 is 0 Å². The van der Waals surface area contributed by atoms with Crippen molar-refractivity contribution >= 4 is 29.9 Å². The predicted octanol–water partition coefficient (Wildman–Crippen LogP) is 1.65. The van der Waals surface area contributed by atoms with Crippen molar-refractivity contribution in [2.24, 2.45) is 5.84 Å². The molecule has 3 rings (SSSR count). The second kappa shape index (κ2) is 8.18. The summed E-state index contributed by atoms with van der Waals surface area (Å²) in [5.74, 6) is 5.96. The van der Waals surface area contributed by atoms with Crippen LogP contribution in [-0.4, -0.2) is 37.0 Å². The highest BCUT2D eigenvalue weighted by Crippen LogP contribution is 2.26. The third kappa shape index (κ3) is 4.02. The van der Waals surface area contributed by atoms with Crippen molar-refractivity contribution in [3.8, 4) is 6.01 Å². The lowest BCUT2D eigenvalue weighted by molar-refractivity contribution is -0.388. The van der Waals surface area contributed by atoms with Gasteiger partial charge in [-0.15, -0.1) is 12.4 Å². The lowest BCUT2D eigenvalue weighted by Gasteiger charge is -2.24. The van der Waals surface area contributed by atoms with Gasteiger partial charge in [0, 0.05) is 6.20 Å². The fourth-order valence-electron chi connectivity index (χ4n) is 2.14. The van der Waals surface area contributed by atoms with Gasteiger partial charge in [-0.1, -0.05) is 12.2 Å². The minimum absolute atomic E-state index is 0. The smallest absolute Gasteiger partial charge is 0.387 e. The first-order chi connectivity index (χ1) is 12.1. The Bertz CT molecular complexity index is 860. The largest absolute Gasteiger partial charge is 0.467 e. The highest BCUT2D eigenvalue weighted by molar-refractivity contribution is 5.85. The fourth-order valence-corrected chi connectivity index (χ4v) is 2.14. The number of allylic oxidation sites excluding steroid dienone is 2. The summed E-state index contributed by atoms with van der Waals surface area (Å²) in [7, 11) is 1.41. The van der Waals surface area contributed by atoms with Crippen LogP contribution in [0.15, 0.2) is 42.8 Å². The molecule has 1 unspecified atom stereocenters. The molecule has 0 radical (unpaired) electrons. The average molecular weight is 379 g/mol. The van der Waals surface area contributed by atoms with Gasteiger partial charge in [-0.05, 0) is 28.1 Å². The first kappa shape index (κ1) is 19.0. The number of nitrogens with two attached hydrogens (primary N) is 1. The Hall–Kier alpha value is -3.31. The lowest BCUT2D eigenvalue weighted by atomic mass is 10.2. The molecule has 12 heteroatoms. The van der Waals surface area contributed by atoms with Crippen LogP contribution < -0.4 is 15.9 Å². The molecule has 0 bridgehead atoms. The molecule has 1 aliphatic heterocycles. The number of hydrogen-bond acceptors (Lipinski definition) is 10. The van der Waals surface area contributed by atoms with Crippen molar-refractivity contribution < 1.29 is 9.66 Å². The van der Waals surface area contributed by atoms with Gasteiger partial charge in [0.2, 0.25) is 5.95 Å². The number of halogens is 1. The lowest BCUT2D eigenvalue weighted by Crippen LogP contribution is -2.31. The number of ether oxygens (including phenoxy) is 1. The molecule has 0 aromatic carbocycles. The van der Waals surface area contributed by atoms with E-state index in [4.69, 9.17) is 10.6 Å². The number of methoxy groups -OCH3 is 1. The van der Waals surface area contributed by atoms with Gasteiger partial charge in [0.25, 0.3) is 0 Å². The van der Waals surface area contributed by atoms with Crippen LogP contribution in [0.4, 0.5) is 17.5 Å². The molecule has 3 N–H and O–H groups in total. The van der Waals surface area contributed by atoms with Crippen molar-refractivity contribution in [2.45, 2.75) is 6.04 Å². The number of pyridine rings is 1. The maximum Gasteiger partial charge on any atom is 0.387 e. The van der Waals surface area contributed by atoms with Crippen molar-refractivity contribution in [2.75, 3.05) is 12.4 Å². The molecule has 26 heavy (non-hydrogen) atoms. The zero-order chi connectivity index (χ0) is 17.8. The summed E-state index contributed by atoms with van der Waals surface area (Å²) in [6, 6.07) is 2.69. The summed E-state index contributed by atoms with van der Waals surface area (Å²) in [5.41, 5.74) is 0.149. The summed E-state index contributed by atoms with van der Waals surface area (Å²) in [6.45, 7) is 0. The number of nitrogens with one attached hydrogen (secondary N) is 1. The quantitative estimate of drug-likeness (QED) is 0.447. The standard InChI is InChI=1S/C14H14N8O3.ClH/c1-25-14-19-11(10-6-2-3-8-21(10)15)18-13(20-14)17-9-5-4-7-16-12(9)22(23)24;/h2-8,10H,15H2,1H3,(H,17,18,19,20);1H. The number of nitro groups is 1. The van der Waals surface area contributed by atoms with Gasteiger partial charge in [-0.2, -0.15) is 15.0 Å². The predicted molar refractivity (Wildman–Crippen MR) is 94.8 cm³/mol. The molecular formula is C14H15ClN8O3. The van der Waals surface area contributed by atoms with Gasteiger partial charge in [-0.25, -0.2) is 5.84 Å². The maximum absolute atomic E-state index is 11.1. The summed E-state index contributed by atoms with van der Waals surface area (Å²) in [4.78, 5) is 26.7. The van der Waals surface area contributed by atoms with Gasteiger partial charge in [0.1, 0.15) is 17.9 Å². The Morgan fingerprint density at radius 3 is 2.85 bits per heavy atom. The van der Waals surface area contributed by atoms with Crippen LogP contribution in [0.1, 0.15) is 11.9 Å². The van der Waals surface area contributed by atoms with E-state index in [0.29, 0.717) is 5.82 Å². The second-order valence-electron chi connectivity index (χ2n) is 4.88. The molecule has 2 aromatic heterocycles. The molecule has 11 nitrogen and oxygen atoms in total. The summed E-state index contributed by atoms with van der Waals surface area (Å²) in [5, 5.41) is 15.3. The molecule has 2 aromatic rings. The minimum Gasteiger partial charge on any atom is -0.467 e. The van der Waals surface area contributed by atoms with E-state index in [0.717, 1.165) is 0 Å². The Labute approximate surface area is 154 Å². The first-order valence-corrected chi connectivity index (χ1v) is 7.13. The van der Waals surface area contributed by atoms with Gasteiger partial charge in [-0.3, -0.25) is 0 Å². The zero-order valence-electron chi connectivity index (χ0n) is 13.5. The van der Waals surface area contributed by atoms with E-state index in [1.54, 1.807) is 24.4 Å². The van der Waals surface area contributed by atoms with Gasteiger partial charge in [0.15, 0.2) is 5.82 Å². The van der Waals surface area contributed by atoms with Crippen LogP contribution in [0.5, 0.6) is 6.01 Å². The summed E-state index contributed by atoms with van der Waals surface area (Å²) >= 11 is 0. The second-order valence-corrected chi connectivity index (χ2v) is 4.88. The van der Waals surface area contributed by atoms with Crippen molar-refractivity contribution in [1.82, 2.24) is 24.9 Å². The van der Waals surface area contributed by atoms with Crippen LogP contribution in [0.25, 0.3) is 0 Å². The number of hydrogen-bond donors (Lipinski definition) is 2. The molecule has 0 aliphatic carbocycles. The minimum atomic E-state index is -0.599. The van der Waals surface area contributed by atoms with E-state index in [1.165, 1.54) is 24.4 Å². The molecule has 0 saturated heterocycles. The Morgan fingerprint density at radius 2 is 2.15 bits per heavy atom. The SMILES string of the molecule is COc1nc(Nc2cccnc2[N+](=O)[O-])nc(C2C=CC=CN2N)n1.Cl. The summed E-state index contributed by atoms with van der Waals surface area (Å²) < 4.78 is 5.08. The van der Waals surface area contributed by atoms with Crippen LogP contribution >= 0.6 is 12.4 Å². The molecule has 0 spiro atoms. The molecule has 1 atom stereocenters. The molecule has 0 amide bonds. The molecule has 3 heterocycles. The van der Waals surface area contributed by atoms with E-state index in [-0.39, 0.29) is 35.9 Å². The van der Waals surface area contributed by atoms with Gasteiger partial charge < -0.3 is 25.2 Å². The molecule has 136 valence electrons. The van der Waals surface area contributed by atoms with E-state index in [2.05, 4.69) is 25.3 Å². The monoisotopic (exact) mass is 378 g/mol. The Kier molecular flexibility index (Phi) is 5.98. The summed E-state index contributed by atoms with van der Waals surface area (Å²) in [6.07, 6.45) is 8.37. The average Bonchev–Trinajstić information content (AvgIpc) is 2.62. The number of hydrazine groups is 1. The maximum atomic E-state index is 11.1. The normalized spacial score (nSPS) is 15.3. The van der Waals surface area contributed by atoms with Crippen LogP contribution in [0.3, 0.4) is 0 Å². The van der Waals surface area contributed by atoms with E-state index in [9.17, 15) is 10.1 Å². The van der Waals surface area contributed by atoms with Crippen LogP contribution in [0.2, 0.25) is 0 Å². The molecular weight excluding hydrogens is 364 g/mol. The number of rotatable bonds is 5. The van der Waals surface area contributed by atoms with Crippen molar-refractivity contribution in [3.05, 3.63) is 58.7 Å². The third-order valence-corrected chi connectivity index (χ3v) is 3.27. The highest BCUT2D eigenvalue weighted by Gasteiger charge is 2.21. The van der Waals surface area contributed by atoms with E-state index in [1.807, 2.05) is 6.08 Å². The van der Waals surface area contributed by atoms with Crippen molar-refractivity contribution in [1.29, 1.82) is 0 Å². The fraction of sp³-hybridized carbons (Fsp3) is 0.143. The number of nitrogens with zero attached hydrogens (tertiary/aromatic N) is 6. The van der Waals surface area contributed by atoms with Crippen molar-refractivity contribution in [3.63, 3.8) is 0 Å². The van der Waals surface area contributed by atoms with Crippen LogP contribution in [-0.2, 0) is 0 Å². The highest BCUT2D eigenvalue weighted by atomic mass is 35.5. The Balaban J connectivity index is 0.00000243. The number of anilines is 2. The van der Waals surface area contributed by atoms with Crippen LogP contribution in [0, 0.1) is 10.1 Å². The number of aromatic nitrogens is 4. The Morgan fingerprint density at radius 1 is 1.35 bits per heavy atom. The topological polar surface area (TPSA) is 145 Å². The molecule has 0 fully saturated rings. The molecule has 0 saturated carbocycles. The third-order valence-electron chi connectivity index (χ3n) is 3.27. The zero-order valence-corrected chi connectivity index (χ0v) is 14.3. The van der Waals surface area contributed by atoms with Gasteiger partial charge in [0.05, 0.1) is 7.11 Å².